The number of piperazine rings is 1. The van der Waals surface area contributed by atoms with E-state index in [4.69, 9.17) is 4.98 Å². The number of halogens is 1. The Hall–Kier alpha value is -2.54. The zero-order valence-electron chi connectivity index (χ0n) is 16.9. The van der Waals surface area contributed by atoms with Crippen molar-refractivity contribution < 1.29 is 9.18 Å². The normalized spacial score (nSPS) is 16.3. The minimum absolute atomic E-state index is 0.126. The fourth-order valence-electron chi connectivity index (χ4n) is 3.31. The van der Waals surface area contributed by atoms with Crippen molar-refractivity contribution in [1.82, 2.24) is 14.9 Å². The molecule has 0 aliphatic carbocycles. The van der Waals surface area contributed by atoms with Crippen LogP contribution >= 0.6 is 0 Å². The first-order chi connectivity index (χ1) is 13.3. The van der Waals surface area contributed by atoms with E-state index in [9.17, 15) is 9.18 Å². The number of hydrogen-bond acceptors (Lipinski definition) is 5. The van der Waals surface area contributed by atoms with Crippen molar-refractivity contribution in [3.8, 4) is 0 Å². The molecule has 0 saturated carbocycles. The smallest absolute Gasteiger partial charge is 0.241 e. The molecule has 1 aromatic heterocycles. The summed E-state index contributed by atoms with van der Waals surface area (Å²) in [6.07, 6.45) is 0. The van der Waals surface area contributed by atoms with E-state index in [1.165, 1.54) is 12.1 Å². The fourth-order valence-corrected chi connectivity index (χ4v) is 3.31. The lowest BCUT2D eigenvalue weighted by molar-refractivity contribution is -0.120. The van der Waals surface area contributed by atoms with Crippen LogP contribution in [-0.2, 0) is 4.79 Å². The Morgan fingerprint density at radius 2 is 1.82 bits per heavy atom. The maximum absolute atomic E-state index is 13.3. The molecule has 2 heterocycles. The van der Waals surface area contributed by atoms with Crippen LogP contribution in [0.3, 0.4) is 0 Å². The minimum Gasteiger partial charge on any atom is -0.354 e. The van der Waals surface area contributed by atoms with Crippen LogP contribution in [0.1, 0.15) is 38.2 Å². The zero-order valence-corrected chi connectivity index (χ0v) is 16.9. The predicted molar refractivity (Wildman–Crippen MR) is 109 cm³/mol. The highest BCUT2D eigenvalue weighted by atomic mass is 19.1. The average Bonchev–Trinajstić information content (AvgIpc) is 2.67. The molecule has 3 rings (SSSR count). The number of hydrogen-bond donors (Lipinski definition) is 1. The summed E-state index contributed by atoms with van der Waals surface area (Å²) in [6, 6.07) is 7.69. The zero-order chi connectivity index (χ0) is 20.3. The third-order valence-corrected chi connectivity index (χ3v) is 5.03. The largest absolute Gasteiger partial charge is 0.354 e. The fraction of sp³-hybridized carbons (Fsp3) is 0.476. The highest BCUT2D eigenvalue weighted by Gasteiger charge is 2.26. The second-order valence-corrected chi connectivity index (χ2v) is 7.58. The van der Waals surface area contributed by atoms with Crippen molar-refractivity contribution in [3.63, 3.8) is 0 Å². The number of benzene rings is 1. The van der Waals surface area contributed by atoms with Crippen LogP contribution in [-0.4, -0.2) is 53.0 Å². The summed E-state index contributed by atoms with van der Waals surface area (Å²) in [5.74, 6) is 1.61. The molecule has 1 fully saturated rings. The predicted octanol–water partition coefficient (Wildman–Crippen LogP) is 3.20. The SMILES string of the molecule is Cc1cc(N2CCN([C@@H](C)C(=O)Nc3cccc(F)c3)CC2)nc(C(C)C)n1. The first kappa shape index (κ1) is 20.2. The van der Waals surface area contributed by atoms with Crippen LogP contribution in [0.25, 0.3) is 0 Å². The number of carbonyl (C=O) groups is 1. The van der Waals surface area contributed by atoms with Gasteiger partial charge in [-0.2, -0.15) is 0 Å². The van der Waals surface area contributed by atoms with Crippen LogP contribution in [0.2, 0.25) is 0 Å². The monoisotopic (exact) mass is 385 g/mol. The lowest BCUT2D eigenvalue weighted by Gasteiger charge is -2.38. The lowest BCUT2D eigenvalue weighted by atomic mass is 10.2. The molecule has 0 bridgehead atoms. The molecule has 1 saturated heterocycles. The minimum atomic E-state index is -0.361. The van der Waals surface area contributed by atoms with Gasteiger partial charge in [-0.1, -0.05) is 19.9 Å². The molecule has 6 nitrogen and oxygen atoms in total. The Morgan fingerprint density at radius 3 is 2.46 bits per heavy atom. The van der Waals surface area contributed by atoms with Crippen LogP contribution in [0, 0.1) is 12.7 Å². The second-order valence-electron chi connectivity index (χ2n) is 7.58. The Labute approximate surface area is 165 Å². The molecule has 1 N–H and O–H groups in total. The van der Waals surface area contributed by atoms with Crippen molar-refractivity contribution >= 4 is 17.4 Å². The number of nitrogens with zero attached hydrogens (tertiary/aromatic N) is 4. The topological polar surface area (TPSA) is 61.4 Å². The van der Waals surface area contributed by atoms with Crippen LogP contribution in [0.15, 0.2) is 30.3 Å². The molecule has 0 unspecified atom stereocenters. The summed E-state index contributed by atoms with van der Waals surface area (Å²) in [7, 11) is 0. The molecule has 7 heteroatoms. The number of carbonyl (C=O) groups excluding carboxylic acids is 1. The molecule has 150 valence electrons. The Balaban J connectivity index is 1.59. The number of rotatable bonds is 5. The van der Waals surface area contributed by atoms with E-state index in [2.05, 4.69) is 33.9 Å². The van der Waals surface area contributed by atoms with E-state index in [0.717, 1.165) is 43.5 Å². The molecule has 0 radical (unpaired) electrons. The number of anilines is 2. The molecule has 1 aliphatic heterocycles. The Morgan fingerprint density at radius 1 is 1.11 bits per heavy atom. The number of amides is 1. The molecule has 2 aromatic rings. The van der Waals surface area contributed by atoms with Crippen molar-refractivity contribution in [2.75, 3.05) is 36.4 Å². The van der Waals surface area contributed by atoms with Crippen LogP contribution in [0.5, 0.6) is 0 Å². The van der Waals surface area contributed by atoms with Crippen LogP contribution < -0.4 is 10.2 Å². The van der Waals surface area contributed by atoms with E-state index >= 15 is 0 Å². The number of nitrogens with one attached hydrogen (secondary N) is 1. The van der Waals surface area contributed by atoms with Crippen molar-refractivity contribution in [2.24, 2.45) is 0 Å². The van der Waals surface area contributed by atoms with Gasteiger partial charge in [0.15, 0.2) is 0 Å². The van der Waals surface area contributed by atoms with E-state index < -0.39 is 0 Å². The van der Waals surface area contributed by atoms with Gasteiger partial charge in [0.25, 0.3) is 0 Å². The second kappa shape index (κ2) is 8.65. The van der Waals surface area contributed by atoms with Gasteiger partial charge in [-0.3, -0.25) is 9.69 Å². The summed E-state index contributed by atoms with van der Waals surface area (Å²) in [5, 5.41) is 2.80. The van der Waals surface area contributed by atoms with Crippen molar-refractivity contribution in [1.29, 1.82) is 0 Å². The molecular formula is C21H28FN5O. The molecule has 1 aromatic carbocycles. The van der Waals surface area contributed by atoms with Crippen molar-refractivity contribution in [2.45, 2.75) is 39.7 Å². The van der Waals surface area contributed by atoms with Gasteiger partial charge in [-0.25, -0.2) is 14.4 Å². The third kappa shape index (κ3) is 4.84. The summed E-state index contributed by atoms with van der Waals surface area (Å²) in [4.78, 5) is 26.1. The van der Waals surface area contributed by atoms with Gasteiger partial charge in [0, 0.05) is 49.5 Å². The highest BCUT2D eigenvalue weighted by Crippen LogP contribution is 2.19. The number of aryl methyl sites for hydroxylation is 1. The van der Waals surface area contributed by atoms with Gasteiger partial charge in [-0.05, 0) is 32.0 Å². The maximum Gasteiger partial charge on any atom is 0.241 e. The third-order valence-electron chi connectivity index (χ3n) is 5.03. The van der Waals surface area contributed by atoms with Gasteiger partial charge >= 0.3 is 0 Å². The van der Waals surface area contributed by atoms with E-state index in [1.807, 2.05) is 19.9 Å². The highest BCUT2D eigenvalue weighted by molar-refractivity contribution is 5.94. The Bertz CT molecular complexity index is 833. The standard InChI is InChI=1S/C21H28FN5O/c1-14(2)20-23-15(3)12-19(25-20)27-10-8-26(9-11-27)16(4)21(28)24-18-7-5-6-17(22)13-18/h5-7,12-14,16H,8-11H2,1-4H3,(H,24,28)/t16-/m0/s1. The molecule has 28 heavy (non-hydrogen) atoms. The van der Waals surface area contributed by atoms with E-state index in [0.29, 0.717) is 5.69 Å². The summed E-state index contributed by atoms with van der Waals surface area (Å²) < 4.78 is 13.3. The molecule has 0 spiro atoms. The Kier molecular flexibility index (Phi) is 6.24. The first-order valence-electron chi connectivity index (χ1n) is 9.74. The average molecular weight is 385 g/mol. The van der Waals surface area contributed by atoms with E-state index in [1.54, 1.807) is 12.1 Å². The van der Waals surface area contributed by atoms with Gasteiger partial charge in [0.2, 0.25) is 5.91 Å². The van der Waals surface area contributed by atoms with Crippen LogP contribution in [0.4, 0.5) is 15.9 Å². The summed E-state index contributed by atoms with van der Waals surface area (Å²) >= 11 is 0. The molecule has 1 aliphatic rings. The van der Waals surface area contributed by atoms with Gasteiger partial charge in [-0.15, -0.1) is 0 Å². The molecule has 1 atom stereocenters. The lowest BCUT2D eigenvalue weighted by Crippen LogP contribution is -2.53. The molecule has 1 amide bonds. The number of aromatic nitrogens is 2. The molecular weight excluding hydrogens is 357 g/mol. The van der Waals surface area contributed by atoms with Gasteiger partial charge in [0.05, 0.1) is 6.04 Å². The van der Waals surface area contributed by atoms with Gasteiger partial charge in [0.1, 0.15) is 17.5 Å². The summed E-state index contributed by atoms with van der Waals surface area (Å²) in [5.41, 5.74) is 1.45. The van der Waals surface area contributed by atoms with Gasteiger partial charge < -0.3 is 10.2 Å². The first-order valence-corrected chi connectivity index (χ1v) is 9.74. The van der Waals surface area contributed by atoms with E-state index in [-0.39, 0.29) is 23.7 Å². The quantitative estimate of drug-likeness (QED) is 0.856. The summed E-state index contributed by atoms with van der Waals surface area (Å²) in [6.45, 7) is 11.2. The maximum atomic E-state index is 13.3. The van der Waals surface area contributed by atoms with Crippen molar-refractivity contribution in [3.05, 3.63) is 47.7 Å².